The number of carbonyl (C=O) groups excluding carboxylic acids is 1. The van der Waals surface area contributed by atoms with E-state index in [-0.39, 0.29) is 18.0 Å². The first-order valence-corrected chi connectivity index (χ1v) is 6.93. The highest BCUT2D eigenvalue weighted by atomic mass is 19.1. The van der Waals surface area contributed by atoms with Crippen molar-refractivity contribution in [2.24, 2.45) is 0 Å². The molecule has 21 heavy (non-hydrogen) atoms. The second-order valence-electron chi connectivity index (χ2n) is 4.44. The second-order valence-corrected chi connectivity index (χ2v) is 4.44. The van der Waals surface area contributed by atoms with Gasteiger partial charge >= 0.3 is 0 Å². The van der Waals surface area contributed by atoms with Gasteiger partial charge in [0.2, 0.25) is 0 Å². The van der Waals surface area contributed by atoms with Crippen molar-refractivity contribution in [1.82, 2.24) is 10.3 Å². The highest BCUT2D eigenvalue weighted by Gasteiger charge is 2.15. The number of benzene rings is 1. The van der Waals surface area contributed by atoms with Gasteiger partial charge in [-0.2, -0.15) is 0 Å². The van der Waals surface area contributed by atoms with Crippen LogP contribution < -0.4 is 5.32 Å². The fourth-order valence-electron chi connectivity index (χ4n) is 2.13. The van der Waals surface area contributed by atoms with Crippen molar-refractivity contribution in [3.8, 4) is 0 Å². The summed E-state index contributed by atoms with van der Waals surface area (Å²) in [4.78, 5) is 15.1. The molecule has 0 spiro atoms. The summed E-state index contributed by atoms with van der Waals surface area (Å²) in [5.74, 6) is -0.815. The van der Waals surface area contributed by atoms with E-state index in [9.17, 15) is 9.18 Å². The maximum absolute atomic E-state index is 13.5. The van der Waals surface area contributed by atoms with Crippen molar-refractivity contribution in [1.29, 1.82) is 0 Å². The molecule has 0 unspecified atom stereocenters. The van der Waals surface area contributed by atoms with Crippen molar-refractivity contribution in [2.45, 2.75) is 20.1 Å². The van der Waals surface area contributed by atoms with E-state index < -0.39 is 12.1 Å². The van der Waals surface area contributed by atoms with Crippen molar-refractivity contribution >= 4 is 16.8 Å². The first kappa shape index (κ1) is 15.5. The van der Waals surface area contributed by atoms with Gasteiger partial charge < -0.3 is 19.8 Å². The molecule has 0 bridgehead atoms. The van der Waals surface area contributed by atoms with E-state index >= 15 is 0 Å². The Bertz CT molecular complexity index is 606. The van der Waals surface area contributed by atoms with E-state index in [0.29, 0.717) is 24.1 Å². The van der Waals surface area contributed by atoms with Crippen molar-refractivity contribution < 1.29 is 18.7 Å². The lowest BCUT2D eigenvalue weighted by Crippen LogP contribution is -2.35. The minimum Gasteiger partial charge on any atom is -0.361 e. The van der Waals surface area contributed by atoms with Crippen LogP contribution in [0.3, 0.4) is 0 Å². The van der Waals surface area contributed by atoms with Crippen LogP contribution in [0.25, 0.3) is 10.9 Å². The van der Waals surface area contributed by atoms with Gasteiger partial charge in [-0.1, -0.05) is 0 Å². The third-order valence-electron chi connectivity index (χ3n) is 3.01. The first-order valence-electron chi connectivity index (χ1n) is 6.93. The largest absolute Gasteiger partial charge is 0.361 e. The van der Waals surface area contributed by atoms with Crippen LogP contribution in [0.5, 0.6) is 0 Å². The van der Waals surface area contributed by atoms with Crippen LogP contribution >= 0.6 is 0 Å². The van der Waals surface area contributed by atoms with Gasteiger partial charge in [0.1, 0.15) is 5.82 Å². The Morgan fingerprint density at radius 2 is 2.05 bits per heavy atom. The van der Waals surface area contributed by atoms with E-state index in [4.69, 9.17) is 9.47 Å². The topological polar surface area (TPSA) is 63.3 Å². The standard InChI is InChI=1S/C15H19FN2O3/c1-3-20-14(21-4-2)9-18-15(19)12-7-10(16)8-13-11(12)5-6-17-13/h5-8,14,17H,3-4,9H2,1-2H3,(H,18,19). The summed E-state index contributed by atoms with van der Waals surface area (Å²) in [5.41, 5.74) is 0.879. The number of aromatic nitrogens is 1. The van der Waals surface area contributed by atoms with Gasteiger partial charge in [0.25, 0.3) is 5.91 Å². The lowest BCUT2D eigenvalue weighted by atomic mass is 10.1. The Morgan fingerprint density at radius 3 is 2.71 bits per heavy atom. The molecule has 2 rings (SSSR count). The summed E-state index contributed by atoms with van der Waals surface area (Å²) >= 11 is 0. The van der Waals surface area contributed by atoms with Crippen LogP contribution in [-0.2, 0) is 9.47 Å². The van der Waals surface area contributed by atoms with E-state index in [2.05, 4.69) is 10.3 Å². The number of nitrogens with one attached hydrogen (secondary N) is 2. The molecule has 2 N–H and O–H groups in total. The molecule has 0 radical (unpaired) electrons. The first-order chi connectivity index (χ1) is 10.2. The smallest absolute Gasteiger partial charge is 0.252 e. The number of H-pyrrole nitrogens is 1. The molecule has 1 amide bonds. The Balaban J connectivity index is 2.09. The van der Waals surface area contributed by atoms with Gasteiger partial charge in [-0.25, -0.2) is 4.39 Å². The number of carbonyl (C=O) groups is 1. The number of fused-ring (bicyclic) bond motifs is 1. The van der Waals surface area contributed by atoms with Crippen LogP contribution in [0.1, 0.15) is 24.2 Å². The molecule has 1 aromatic carbocycles. The third-order valence-corrected chi connectivity index (χ3v) is 3.01. The summed E-state index contributed by atoms with van der Waals surface area (Å²) < 4.78 is 24.2. The fraction of sp³-hybridized carbons (Fsp3) is 0.400. The normalized spacial score (nSPS) is 11.2. The second kappa shape index (κ2) is 7.19. The van der Waals surface area contributed by atoms with Crippen molar-refractivity contribution in [2.75, 3.05) is 19.8 Å². The fourth-order valence-corrected chi connectivity index (χ4v) is 2.13. The lowest BCUT2D eigenvalue weighted by Gasteiger charge is -2.17. The molecule has 0 aliphatic rings. The van der Waals surface area contributed by atoms with E-state index in [1.165, 1.54) is 12.1 Å². The zero-order valence-corrected chi connectivity index (χ0v) is 12.1. The maximum atomic E-state index is 13.5. The van der Waals surface area contributed by atoms with Crippen molar-refractivity contribution in [3.05, 3.63) is 35.8 Å². The summed E-state index contributed by atoms with van der Waals surface area (Å²) in [6, 6.07) is 4.32. The molecule has 2 aromatic rings. The Labute approximate surface area is 122 Å². The molecule has 0 aliphatic carbocycles. The molecular formula is C15H19FN2O3. The summed E-state index contributed by atoms with van der Waals surface area (Å²) in [7, 11) is 0. The minimum absolute atomic E-state index is 0.211. The van der Waals surface area contributed by atoms with E-state index in [1.807, 2.05) is 13.8 Å². The van der Waals surface area contributed by atoms with Crippen molar-refractivity contribution in [3.63, 3.8) is 0 Å². The SMILES string of the molecule is CCOC(CNC(=O)c1cc(F)cc2[nH]ccc12)OCC. The highest BCUT2D eigenvalue weighted by molar-refractivity contribution is 6.06. The number of rotatable bonds is 7. The van der Waals surface area contributed by atoms with Crippen LogP contribution in [0.2, 0.25) is 0 Å². The van der Waals surface area contributed by atoms with E-state index in [1.54, 1.807) is 12.3 Å². The van der Waals surface area contributed by atoms with Crippen LogP contribution in [0, 0.1) is 5.82 Å². The van der Waals surface area contributed by atoms with Gasteiger partial charge in [-0.15, -0.1) is 0 Å². The third kappa shape index (κ3) is 3.80. The molecule has 114 valence electrons. The average molecular weight is 294 g/mol. The average Bonchev–Trinajstić information content (AvgIpc) is 2.92. The molecular weight excluding hydrogens is 275 g/mol. The molecule has 0 saturated carbocycles. The number of hydrogen-bond acceptors (Lipinski definition) is 3. The van der Waals surface area contributed by atoms with Gasteiger partial charge in [0.05, 0.1) is 12.1 Å². The zero-order valence-electron chi connectivity index (χ0n) is 12.1. The Morgan fingerprint density at radius 1 is 1.33 bits per heavy atom. The summed E-state index contributed by atoms with van der Waals surface area (Å²) in [6.07, 6.45) is 1.17. The molecule has 0 fully saturated rings. The molecule has 1 heterocycles. The van der Waals surface area contributed by atoms with Gasteiger partial charge in [0.15, 0.2) is 6.29 Å². The quantitative estimate of drug-likeness (QED) is 0.771. The van der Waals surface area contributed by atoms with Gasteiger partial charge in [0, 0.05) is 30.3 Å². The molecule has 5 nitrogen and oxygen atoms in total. The highest BCUT2D eigenvalue weighted by Crippen LogP contribution is 2.19. The minimum atomic E-state index is -0.501. The van der Waals surface area contributed by atoms with Crippen LogP contribution in [-0.4, -0.2) is 36.9 Å². The monoisotopic (exact) mass is 294 g/mol. The van der Waals surface area contributed by atoms with Crippen LogP contribution in [0.15, 0.2) is 24.4 Å². The lowest BCUT2D eigenvalue weighted by molar-refractivity contribution is -0.131. The predicted molar refractivity (Wildman–Crippen MR) is 77.6 cm³/mol. The summed E-state index contributed by atoms with van der Waals surface area (Å²) in [6.45, 7) is 4.89. The zero-order chi connectivity index (χ0) is 15.2. The molecule has 0 saturated heterocycles. The molecule has 6 heteroatoms. The maximum Gasteiger partial charge on any atom is 0.252 e. The number of hydrogen-bond donors (Lipinski definition) is 2. The number of halogens is 1. The molecule has 1 aromatic heterocycles. The van der Waals surface area contributed by atoms with E-state index in [0.717, 1.165) is 0 Å². The Kier molecular flexibility index (Phi) is 5.30. The Hall–Kier alpha value is -1.92. The molecule has 0 aliphatic heterocycles. The van der Waals surface area contributed by atoms with Crippen LogP contribution in [0.4, 0.5) is 4.39 Å². The number of ether oxygens (including phenoxy) is 2. The van der Waals surface area contributed by atoms with Gasteiger partial charge in [-0.05, 0) is 32.0 Å². The molecule has 0 atom stereocenters. The number of aromatic amines is 1. The predicted octanol–water partition coefficient (Wildman–Crippen LogP) is 2.44. The van der Waals surface area contributed by atoms with Gasteiger partial charge in [-0.3, -0.25) is 4.79 Å². The number of amides is 1. The summed E-state index contributed by atoms with van der Waals surface area (Å²) in [5, 5.41) is 3.39.